The third-order valence-corrected chi connectivity index (χ3v) is 2.38. The van der Waals surface area contributed by atoms with Crippen molar-refractivity contribution in [3.63, 3.8) is 0 Å². The zero-order valence-electron chi connectivity index (χ0n) is 9.19. The highest BCUT2D eigenvalue weighted by molar-refractivity contribution is 6.30. The monoisotopic (exact) mass is 242 g/mol. The van der Waals surface area contributed by atoms with Crippen molar-refractivity contribution in [1.29, 1.82) is 0 Å². The molecule has 0 aliphatic carbocycles. The van der Waals surface area contributed by atoms with Gasteiger partial charge in [0.2, 0.25) is 0 Å². The number of hydrogen-bond donors (Lipinski definition) is 0. The molecule has 0 saturated heterocycles. The molecular weight excluding hydrogens is 232 g/mol. The van der Waals surface area contributed by atoms with Gasteiger partial charge in [-0.1, -0.05) is 41.6 Å². The van der Waals surface area contributed by atoms with Crippen LogP contribution < -0.4 is 4.74 Å². The summed E-state index contributed by atoms with van der Waals surface area (Å²) in [5, 5.41) is 0.702. The zero-order valence-corrected chi connectivity index (χ0v) is 9.95. The summed E-state index contributed by atoms with van der Waals surface area (Å²) in [6.45, 7) is 0.372. The van der Waals surface area contributed by atoms with Gasteiger partial charge in [-0.15, -0.1) is 0 Å². The van der Waals surface area contributed by atoms with Crippen LogP contribution in [0.25, 0.3) is 0 Å². The molecule has 0 spiro atoms. The molecule has 0 radical (unpaired) electrons. The van der Waals surface area contributed by atoms with E-state index in [9.17, 15) is 0 Å². The molecule has 0 unspecified atom stereocenters. The predicted molar refractivity (Wildman–Crippen MR) is 70.3 cm³/mol. The Hall–Kier alpha value is -1.91. The molecule has 2 aromatic carbocycles. The van der Waals surface area contributed by atoms with E-state index in [4.69, 9.17) is 16.3 Å². The van der Waals surface area contributed by atoms with E-state index in [-0.39, 0.29) is 0 Å². The van der Waals surface area contributed by atoms with Gasteiger partial charge in [0.05, 0.1) is 0 Å². The molecule has 0 fully saturated rings. The van der Waals surface area contributed by atoms with Gasteiger partial charge >= 0.3 is 0 Å². The van der Waals surface area contributed by atoms with Crippen LogP contribution in [0.4, 0.5) is 0 Å². The van der Waals surface area contributed by atoms with Gasteiger partial charge in [-0.05, 0) is 36.4 Å². The van der Waals surface area contributed by atoms with Gasteiger partial charge in [0.25, 0.3) is 0 Å². The fraction of sp³-hybridized carbons (Fsp3) is 0.0667. The van der Waals surface area contributed by atoms with E-state index in [0.29, 0.717) is 11.6 Å². The largest absolute Gasteiger partial charge is 0.481 e. The van der Waals surface area contributed by atoms with Crippen LogP contribution in [0.5, 0.6) is 5.75 Å². The van der Waals surface area contributed by atoms with Crippen molar-refractivity contribution in [3.8, 4) is 17.6 Å². The van der Waals surface area contributed by atoms with E-state index < -0.39 is 0 Å². The molecule has 1 nitrogen and oxygen atoms in total. The fourth-order valence-corrected chi connectivity index (χ4v) is 1.44. The summed E-state index contributed by atoms with van der Waals surface area (Å²) in [6, 6.07) is 17.1. The molecule has 0 heterocycles. The summed E-state index contributed by atoms with van der Waals surface area (Å²) in [5.41, 5.74) is 0.993. The van der Waals surface area contributed by atoms with Gasteiger partial charge in [-0.25, -0.2) is 0 Å². The lowest BCUT2D eigenvalue weighted by atomic mass is 10.2. The first-order valence-electron chi connectivity index (χ1n) is 5.27. The first kappa shape index (κ1) is 11.6. The first-order chi connectivity index (χ1) is 8.34. The molecule has 0 atom stereocenters. The number of benzene rings is 2. The highest BCUT2D eigenvalue weighted by atomic mass is 35.5. The summed E-state index contributed by atoms with van der Waals surface area (Å²) < 4.78 is 5.45. The van der Waals surface area contributed by atoms with Crippen LogP contribution in [0, 0.1) is 11.8 Å². The quantitative estimate of drug-likeness (QED) is 0.729. The minimum Gasteiger partial charge on any atom is -0.481 e. The van der Waals surface area contributed by atoms with Crippen LogP contribution in [0.2, 0.25) is 5.02 Å². The van der Waals surface area contributed by atoms with Crippen molar-refractivity contribution < 1.29 is 4.74 Å². The number of ether oxygens (including phenoxy) is 1. The van der Waals surface area contributed by atoms with Crippen molar-refractivity contribution in [2.75, 3.05) is 6.61 Å². The van der Waals surface area contributed by atoms with Gasteiger partial charge in [0, 0.05) is 10.6 Å². The Morgan fingerprint density at radius 3 is 2.35 bits per heavy atom. The second-order valence-electron chi connectivity index (χ2n) is 3.41. The number of rotatable bonds is 2. The van der Waals surface area contributed by atoms with Crippen LogP contribution in [-0.4, -0.2) is 6.61 Å². The first-order valence-corrected chi connectivity index (χ1v) is 5.65. The normalized spacial score (nSPS) is 9.24. The molecule has 0 amide bonds. The molecule has 0 aliphatic rings. The molecule has 2 rings (SSSR count). The molecule has 0 aliphatic heterocycles. The van der Waals surface area contributed by atoms with Gasteiger partial charge in [-0.2, -0.15) is 0 Å². The molecule has 2 heteroatoms. The second-order valence-corrected chi connectivity index (χ2v) is 3.85. The van der Waals surface area contributed by atoms with E-state index >= 15 is 0 Å². The smallest absolute Gasteiger partial charge is 0.149 e. The van der Waals surface area contributed by atoms with E-state index in [1.807, 2.05) is 42.5 Å². The lowest BCUT2D eigenvalue weighted by Gasteiger charge is -2.00. The Morgan fingerprint density at radius 2 is 1.65 bits per heavy atom. The average Bonchev–Trinajstić information content (AvgIpc) is 2.38. The van der Waals surface area contributed by atoms with Crippen LogP contribution >= 0.6 is 11.6 Å². The van der Waals surface area contributed by atoms with Crippen LogP contribution in [0.3, 0.4) is 0 Å². The van der Waals surface area contributed by atoms with Crippen molar-refractivity contribution in [2.45, 2.75) is 0 Å². The molecule has 0 saturated carbocycles. The van der Waals surface area contributed by atoms with Crippen LogP contribution in [0.15, 0.2) is 54.6 Å². The Balaban J connectivity index is 1.88. The lowest BCUT2D eigenvalue weighted by molar-refractivity contribution is 0.370. The molecular formula is C15H11ClO. The number of halogens is 1. The SMILES string of the molecule is Clc1ccc(OCC#Cc2ccccc2)cc1. The summed E-state index contributed by atoms with van der Waals surface area (Å²) in [6.07, 6.45) is 0. The molecule has 0 bridgehead atoms. The maximum atomic E-state index is 5.77. The van der Waals surface area contributed by atoms with Crippen molar-refractivity contribution in [1.82, 2.24) is 0 Å². The van der Waals surface area contributed by atoms with Gasteiger partial charge in [0.1, 0.15) is 12.4 Å². The Bertz CT molecular complexity index is 520. The molecule has 0 aromatic heterocycles. The third-order valence-electron chi connectivity index (χ3n) is 2.13. The highest BCUT2D eigenvalue weighted by Crippen LogP contribution is 2.15. The maximum Gasteiger partial charge on any atom is 0.149 e. The highest BCUT2D eigenvalue weighted by Gasteiger charge is 1.91. The van der Waals surface area contributed by atoms with Crippen molar-refractivity contribution >= 4 is 11.6 Å². The summed E-state index contributed by atoms with van der Waals surface area (Å²) in [4.78, 5) is 0. The van der Waals surface area contributed by atoms with Gasteiger partial charge < -0.3 is 4.74 Å². The topological polar surface area (TPSA) is 9.23 Å². The minimum absolute atomic E-state index is 0.372. The summed E-state index contributed by atoms with van der Waals surface area (Å²) >= 11 is 5.77. The summed E-state index contributed by atoms with van der Waals surface area (Å²) in [7, 11) is 0. The zero-order chi connectivity index (χ0) is 11.9. The van der Waals surface area contributed by atoms with Gasteiger partial charge in [0.15, 0.2) is 0 Å². The van der Waals surface area contributed by atoms with Gasteiger partial charge in [-0.3, -0.25) is 0 Å². The van der Waals surface area contributed by atoms with E-state index in [1.54, 1.807) is 12.1 Å². The van der Waals surface area contributed by atoms with Crippen molar-refractivity contribution in [2.24, 2.45) is 0 Å². The van der Waals surface area contributed by atoms with Crippen LogP contribution in [-0.2, 0) is 0 Å². The lowest BCUT2D eigenvalue weighted by Crippen LogP contribution is -1.93. The molecule has 0 N–H and O–H groups in total. The Labute approximate surface area is 106 Å². The average molecular weight is 243 g/mol. The maximum absolute atomic E-state index is 5.77. The molecule has 17 heavy (non-hydrogen) atoms. The second kappa shape index (κ2) is 5.98. The Kier molecular flexibility index (Phi) is 4.07. The van der Waals surface area contributed by atoms with E-state index in [0.717, 1.165) is 11.3 Å². The van der Waals surface area contributed by atoms with E-state index in [2.05, 4.69) is 11.8 Å². The summed E-state index contributed by atoms with van der Waals surface area (Å²) in [5.74, 6) is 6.76. The third kappa shape index (κ3) is 3.86. The van der Waals surface area contributed by atoms with Crippen molar-refractivity contribution in [3.05, 3.63) is 65.2 Å². The van der Waals surface area contributed by atoms with E-state index in [1.165, 1.54) is 0 Å². The Morgan fingerprint density at radius 1 is 0.941 bits per heavy atom. The number of hydrogen-bond acceptors (Lipinski definition) is 1. The minimum atomic E-state index is 0.372. The fourth-order valence-electron chi connectivity index (χ4n) is 1.31. The molecule has 84 valence electrons. The molecule has 2 aromatic rings. The predicted octanol–water partition coefficient (Wildman–Crippen LogP) is 3.77. The standard InChI is InChI=1S/C15H11ClO/c16-14-8-10-15(11-9-14)17-12-4-7-13-5-2-1-3-6-13/h1-3,5-6,8-11H,12H2. The van der Waals surface area contributed by atoms with Crippen LogP contribution in [0.1, 0.15) is 5.56 Å².